The lowest BCUT2D eigenvalue weighted by Crippen LogP contribution is -2.54. The molecule has 0 bridgehead atoms. The van der Waals surface area contributed by atoms with Crippen molar-refractivity contribution in [1.82, 2.24) is 15.1 Å². The molecule has 2 aliphatic heterocycles. The van der Waals surface area contributed by atoms with Crippen molar-refractivity contribution in [2.75, 3.05) is 31.1 Å². The zero-order chi connectivity index (χ0) is 30.3. The number of benzene rings is 1. The molecule has 10 nitrogen and oxygen atoms in total. The zero-order valence-electron chi connectivity index (χ0n) is 24.6. The molecule has 41 heavy (non-hydrogen) atoms. The maximum atomic E-state index is 14.1. The third kappa shape index (κ3) is 6.56. The molecule has 0 radical (unpaired) electrons. The standard InChI is InChI=1S/C29H40F2N4O6/c1-17(2)35(19-8-7-12-33(16-19)27(39)41-28(4,5)6)25(37)20-15-21-22(14-18(20)3)40-29(9-10-29)26(38)34(21)13-11-32-24(36)23(30)31/h14-15,17,19,23H,7-13,16H2,1-6H3,(H,32,36)/t19-/m1/s1. The number of hydrogen-bond acceptors (Lipinski definition) is 6. The number of anilines is 1. The first-order valence-corrected chi connectivity index (χ1v) is 14.2. The van der Waals surface area contributed by atoms with Crippen molar-refractivity contribution in [3.05, 3.63) is 23.3 Å². The predicted molar refractivity (Wildman–Crippen MR) is 147 cm³/mol. The Labute approximate surface area is 239 Å². The number of amides is 4. The molecule has 0 unspecified atom stereocenters. The fraction of sp³-hybridized carbons (Fsp3) is 0.655. The van der Waals surface area contributed by atoms with Gasteiger partial charge in [0.1, 0.15) is 11.4 Å². The van der Waals surface area contributed by atoms with E-state index in [1.54, 1.807) is 28.9 Å². The summed E-state index contributed by atoms with van der Waals surface area (Å²) in [6.45, 7) is 11.7. The van der Waals surface area contributed by atoms with E-state index in [2.05, 4.69) is 5.32 Å². The molecule has 2 heterocycles. The highest BCUT2D eigenvalue weighted by atomic mass is 19.3. The summed E-state index contributed by atoms with van der Waals surface area (Å²) in [6.07, 6.45) is -1.08. The zero-order valence-corrected chi connectivity index (χ0v) is 24.6. The Morgan fingerprint density at radius 3 is 2.49 bits per heavy atom. The highest BCUT2D eigenvalue weighted by Gasteiger charge is 2.58. The average Bonchev–Trinajstić information content (AvgIpc) is 3.65. The monoisotopic (exact) mass is 578 g/mol. The molecule has 2 fully saturated rings. The Morgan fingerprint density at radius 2 is 1.90 bits per heavy atom. The van der Waals surface area contributed by atoms with E-state index in [1.165, 1.54) is 4.90 Å². The van der Waals surface area contributed by atoms with Gasteiger partial charge in [-0.2, -0.15) is 8.78 Å². The summed E-state index contributed by atoms with van der Waals surface area (Å²) in [4.78, 5) is 56.4. The van der Waals surface area contributed by atoms with Crippen molar-refractivity contribution in [3.8, 4) is 5.75 Å². The number of aryl methyl sites for hydroxylation is 1. The van der Waals surface area contributed by atoms with Gasteiger partial charge >= 0.3 is 12.5 Å². The highest BCUT2D eigenvalue weighted by molar-refractivity contribution is 6.06. The molecule has 1 aromatic carbocycles. The van der Waals surface area contributed by atoms with E-state index in [9.17, 15) is 28.0 Å². The van der Waals surface area contributed by atoms with Gasteiger partial charge in [-0.25, -0.2) is 4.79 Å². The number of nitrogens with zero attached hydrogens (tertiary/aromatic N) is 3. The van der Waals surface area contributed by atoms with Gasteiger partial charge in [-0.1, -0.05) is 0 Å². The summed E-state index contributed by atoms with van der Waals surface area (Å²) in [5.74, 6) is -1.55. The van der Waals surface area contributed by atoms with Crippen LogP contribution in [0.5, 0.6) is 5.75 Å². The first kappa shape index (κ1) is 30.5. The molecule has 12 heteroatoms. The largest absolute Gasteiger partial charge is 0.475 e. The maximum absolute atomic E-state index is 14.1. The predicted octanol–water partition coefficient (Wildman–Crippen LogP) is 3.88. The number of carbonyl (C=O) groups excluding carboxylic acids is 4. The van der Waals surface area contributed by atoms with Gasteiger partial charge in [0.15, 0.2) is 5.60 Å². The highest BCUT2D eigenvalue weighted by Crippen LogP contribution is 2.50. The van der Waals surface area contributed by atoms with Gasteiger partial charge < -0.3 is 29.5 Å². The minimum absolute atomic E-state index is 0.0482. The summed E-state index contributed by atoms with van der Waals surface area (Å²) < 4.78 is 37.0. The number of halogens is 2. The molecule has 1 spiro atoms. The maximum Gasteiger partial charge on any atom is 0.410 e. The van der Waals surface area contributed by atoms with Crippen LogP contribution in [0.3, 0.4) is 0 Å². The quantitative estimate of drug-likeness (QED) is 0.526. The lowest BCUT2D eigenvalue weighted by molar-refractivity contribution is -0.132. The topological polar surface area (TPSA) is 108 Å². The van der Waals surface area contributed by atoms with Gasteiger partial charge in [0, 0.05) is 50.6 Å². The Balaban J connectivity index is 1.60. The number of rotatable bonds is 7. The molecule has 226 valence electrons. The molecule has 1 saturated carbocycles. The number of ether oxygens (including phenoxy) is 2. The number of likely N-dealkylation sites (tertiary alicyclic amines) is 1. The summed E-state index contributed by atoms with van der Waals surface area (Å²) in [6, 6.07) is 2.91. The minimum Gasteiger partial charge on any atom is -0.475 e. The second kappa shape index (κ2) is 11.4. The SMILES string of the molecule is Cc1cc2c(cc1C(=O)N(C(C)C)[C@@H]1CCCN(C(=O)OC(C)(C)C)C1)N(CCNC(=O)C(F)F)C(=O)C1(CC1)O2. The van der Waals surface area contributed by atoms with Crippen molar-refractivity contribution in [3.63, 3.8) is 0 Å². The van der Waals surface area contributed by atoms with Gasteiger partial charge in [-0.3, -0.25) is 14.4 Å². The van der Waals surface area contributed by atoms with Gasteiger partial charge in [-0.15, -0.1) is 0 Å². The van der Waals surface area contributed by atoms with E-state index in [-0.39, 0.29) is 37.0 Å². The number of nitrogens with one attached hydrogen (secondary N) is 1. The van der Waals surface area contributed by atoms with Crippen molar-refractivity contribution >= 4 is 29.5 Å². The second-order valence-electron chi connectivity index (χ2n) is 12.3. The third-order valence-electron chi connectivity index (χ3n) is 7.54. The minimum atomic E-state index is -3.16. The van der Waals surface area contributed by atoms with E-state index in [4.69, 9.17) is 9.47 Å². The summed E-state index contributed by atoms with van der Waals surface area (Å²) >= 11 is 0. The van der Waals surface area contributed by atoms with Crippen LogP contribution in [0.2, 0.25) is 0 Å². The van der Waals surface area contributed by atoms with E-state index in [0.29, 0.717) is 61.3 Å². The molecule has 0 aromatic heterocycles. The summed E-state index contributed by atoms with van der Waals surface area (Å²) in [7, 11) is 0. The Bertz CT molecular complexity index is 1210. The summed E-state index contributed by atoms with van der Waals surface area (Å²) in [5, 5.41) is 2.14. The fourth-order valence-corrected chi connectivity index (χ4v) is 5.46. The van der Waals surface area contributed by atoms with E-state index in [1.807, 2.05) is 34.6 Å². The van der Waals surface area contributed by atoms with Crippen molar-refractivity contribution < 1.29 is 37.4 Å². The molecule has 4 amide bonds. The van der Waals surface area contributed by atoms with Crippen molar-refractivity contribution in [2.24, 2.45) is 0 Å². The van der Waals surface area contributed by atoms with Crippen LogP contribution in [0.25, 0.3) is 0 Å². The van der Waals surface area contributed by atoms with Crippen LogP contribution in [0, 0.1) is 6.92 Å². The second-order valence-corrected chi connectivity index (χ2v) is 12.3. The van der Waals surface area contributed by atoms with Crippen LogP contribution < -0.4 is 15.0 Å². The molecule has 1 atom stereocenters. The average molecular weight is 579 g/mol. The summed E-state index contributed by atoms with van der Waals surface area (Å²) in [5.41, 5.74) is -0.234. The van der Waals surface area contributed by atoms with E-state index in [0.717, 1.165) is 0 Å². The van der Waals surface area contributed by atoms with Crippen LogP contribution in [-0.2, 0) is 14.3 Å². The number of carbonyl (C=O) groups is 4. The third-order valence-corrected chi connectivity index (χ3v) is 7.54. The molecule has 1 aromatic rings. The molecule has 1 N–H and O–H groups in total. The molecule has 1 saturated heterocycles. The van der Waals surface area contributed by atoms with Gasteiger partial charge in [-0.05, 0) is 72.1 Å². The smallest absolute Gasteiger partial charge is 0.410 e. The van der Waals surface area contributed by atoms with Crippen molar-refractivity contribution in [2.45, 2.75) is 96.9 Å². The van der Waals surface area contributed by atoms with Crippen molar-refractivity contribution in [1.29, 1.82) is 0 Å². The molecule has 1 aliphatic carbocycles. The Hall–Kier alpha value is -3.44. The number of alkyl halides is 2. The van der Waals surface area contributed by atoms with Crippen LogP contribution >= 0.6 is 0 Å². The molecule has 4 rings (SSSR count). The van der Waals surface area contributed by atoms with E-state index < -0.39 is 29.6 Å². The van der Waals surface area contributed by atoms with Crippen LogP contribution in [0.15, 0.2) is 12.1 Å². The fourth-order valence-electron chi connectivity index (χ4n) is 5.46. The van der Waals surface area contributed by atoms with Crippen LogP contribution in [-0.4, -0.2) is 89.5 Å². The number of fused-ring (bicyclic) bond motifs is 1. The first-order valence-electron chi connectivity index (χ1n) is 14.2. The Kier molecular flexibility index (Phi) is 8.52. The van der Waals surface area contributed by atoms with Gasteiger partial charge in [0.05, 0.1) is 11.7 Å². The van der Waals surface area contributed by atoms with Gasteiger partial charge in [0.2, 0.25) is 0 Å². The van der Waals surface area contributed by atoms with E-state index >= 15 is 0 Å². The molecular weight excluding hydrogens is 538 g/mol. The first-order chi connectivity index (χ1) is 19.1. The lowest BCUT2D eigenvalue weighted by atomic mass is 9.98. The molecular formula is C29H40F2N4O6. The van der Waals surface area contributed by atoms with Crippen LogP contribution in [0.1, 0.15) is 76.2 Å². The lowest BCUT2D eigenvalue weighted by Gasteiger charge is -2.42. The molecule has 3 aliphatic rings. The van der Waals surface area contributed by atoms with Crippen LogP contribution in [0.4, 0.5) is 19.3 Å². The normalized spacial score (nSPS) is 19.7. The van der Waals surface area contributed by atoms with Gasteiger partial charge in [0.25, 0.3) is 17.7 Å². The Morgan fingerprint density at radius 1 is 1.22 bits per heavy atom. The number of hydrogen-bond donors (Lipinski definition) is 1. The number of piperidine rings is 1.